The maximum absolute atomic E-state index is 3.78. The van der Waals surface area contributed by atoms with E-state index in [0.717, 1.165) is 12.8 Å². The van der Waals surface area contributed by atoms with Gasteiger partial charge in [-0.3, -0.25) is 0 Å². The lowest BCUT2D eigenvalue weighted by Crippen LogP contribution is -2.27. The Kier molecular flexibility index (Phi) is 6.49. The fourth-order valence-electron chi connectivity index (χ4n) is 2.85. The zero-order chi connectivity index (χ0) is 14.9. The number of likely N-dealkylation sites (N-methyl/N-ethyl adjacent to an activating group) is 1. The topological polar surface area (TPSA) is 12.0 Å². The number of hydrogen-bond acceptors (Lipinski definition) is 1. The number of unbranched alkanes of at least 4 members (excludes halogenated alkanes) is 3. The molecule has 112 valence electrons. The summed E-state index contributed by atoms with van der Waals surface area (Å²) in [6.45, 7) is 3.78. The highest BCUT2D eigenvalue weighted by atomic mass is 14.9. The Labute approximate surface area is 129 Å². The minimum absolute atomic E-state index is 0.579. The first-order valence-electron chi connectivity index (χ1n) is 8.09. The molecule has 0 radical (unpaired) electrons. The molecule has 0 aromatic heterocycles. The molecular formula is C20H27N. The van der Waals surface area contributed by atoms with Crippen molar-refractivity contribution in [3.05, 3.63) is 60.7 Å². The van der Waals surface area contributed by atoms with Gasteiger partial charge in [-0.1, -0.05) is 61.4 Å². The van der Waals surface area contributed by atoms with Gasteiger partial charge in [-0.05, 0) is 49.1 Å². The van der Waals surface area contributed by atoms with E-state index < -0.39 is 0 Å². The first-order valence-corrected chi connectivity index (χ1v) is 8.09. The van der Waals surface area contributed by atoms with Crippen LogP contribution in [0.3, 0.4) is 0 Å². The monoisotopic (exact) mass is 281 g/mol. The largest absolute Gasteiger partial charge is 0.317 e. The number of rotatable bonds is 9. The van der Waals surface area contributed by atoms with Crippen LogP contribution < -0.4 is 5.32 Å². The summed E-state index contributed by atoms with van der Waals surface area (Å²) in [5, 5.41) is 6.14. The lowest BCUT2D eigenvalue weighted by atomic mass is 9.98. The van der Waals surface area contributed by atoms with E-state index >= 15 is 0 Å². The molecule has 0 aliphatic heterocycles. The molecule has 21 heavy (non-hydrogen) atoms. The molecule has 2 aromatic carbocycles. The maximum atomic E-state index is 3.78. The van der Waals surface area contributed by atoms with Crippen molar-refractivity contribution in [2.45, 2.75) is 44.6 Å². The number of allylic oxidation sites excluding steroid dienone is 1. The number of benzene rings is 2. The molecule has 2 aromatic rings. The van der Waals surface area contributed by atoms with Gasteiger partial charge in [0.05, 0.1) is 0 Å². The molecule has 1 heteroatoms. The predicted molar refractivity (Wildman–Crippen MR) is 93.8 cm³/mol. The Morgan fingerprint density at radius 2 is 1.86 bits per heavy atom. The van der Waals surface area contributed by atoms with Crippen LogP contribution >= 0.6 is 0 Å². The summed E-state index contributed by atoms with van der Waals surface area (Å²) in [7, 11) is 2.08. The smallest absolute Gasteiger partial charge is 0.0104 e. The molecule has 1 unspecified atom stereocenters. The van der Waals surface area contributed by atoms with E-state index in [9.17, 15) is 0 Å². The van der Waals surface area contributed by atoms with Crippen molar-refractivity contribution in [1.82, 2.24) is 5.32 Å². The van der Waals surface area contributed by atoms with Crippen LogP contribution in [0.15, 0.2) is 55.1 Å². The normalized spacial score (nSPS) is 12.4. The molecule has 0 spiro atoms. The molecule has 0 fully saturated rings. The standard InChI is InChI=1S/C20H27N/c1-3-4-5-6-7-12-20(21-2)16-17-13-14-18-10-8-9-11-19(18)15-17/h3,8-11,13-15,20-21H,1,4-7,12,16H2,2H3. The van der Waals surface area contributed by atoms with Gasteiger partial charge in [0.15, 0.2) is 0 Å². The molecule has 1 atom stereocenters. The Bertz CT molecular complexity index is 559. The van der Waals surface area contributed by atoms with Gasteiger partial charge in [0.25, 0.3) is 0 Å². The molecule has 2 rings (SSSR count). The third-order valence-electron chi connectivity index (χ3n) is 4.17. The highest BCUT2D eigenvalue weighted by Gasteiger charge is 2.07. The highest BCUT2D eigenvalue weighted by molar-refractivity contribution is 5.82. The van der Waals surface area contributed by atoms with Gasteiger partial charge in [0, 0.05) is 6.04 Å². The van der Waals surface area contributed by atoms with E-state index in [0.29, 0.717) is 6.04 Å². The second-order valence-electron chi connectivity index (χ2n) is 5.80. The van der Waals surface area contributed by atoms with Gasteiger partial charge in [-0.2, -0.15) is 0 Å². The van der Waals surface area contributed by atoms with Gasteiger partial charge in [-0.15, -0.1) is 6.58 Å². The number of fused-ring (bicyclic) bond motifs is 1. The van der Waals surface area contributed by atoms with Crippen molar-refractivity contribution in [1.29, 1.82) is 0 Å². The lowest BCUT2D eigenvalue weighted by molar-refractivity contribution is 0.487. The fourth-order valence-corrected chi connectivity index (χ4v) is 2.85. The summed E-state index contributed by atoms with van der Waals surface area (Å²) in [5.74, 6) is 0. The molecule has 0 bridgehead atoms. The van der Waals surface area contributed by atoms with Crippen LogP contribution in [-0.4, -0.2) is 13.1 Å². The quantitative estimate of drug-likeness (QED) is 0.497. The van der Waals surface area contributed by atoms with E-state index in [-0.39, 0.29) is 0 Å². The summed E-state index contributed by atoms with van der Waals surface area (Å²) in [5.41, 5.74) is 1.43. The Balaban J connectivity index is 1.88. The highest BCUT2D eigenvalue weighted by Crippen LogP contribution is 2.18. The van der Waals surface area contributed by atoms with Crippen molar-refractivity contribution in [3.8, 4) is 0 Å². The zero-order valence-corrected chi connectivity index (χ0v) is 13.1. The summed E-state index contributed by atoms with van der Waals surface area (Å²) >= 11 is 0. The molecule has 0 aliphatic rings. The van der Waals surface area contributed by atoms with Gasteiger partial charge in [-0.25, -0.2) is 0 Å². The van der Waals surface area contributed by atoms with Gasteiger partial charge >= 0.3 is 0 Å². The Morgan fingerprint density at radius 3 is 2.62 bits per heavy atom. The van der Waals surface area contributed by atoms with Crippen LogP contribution in [0.4, 0.5) is 0 Å². The van der Waals surface area contributed by atoms with Crippen molar-refractivity contribution in [2.24, 2.45) is 0 Å². The summed E-state index contributed by atoms with van der Waals surface area (Å²) in [6.07, 6.45) is 9.41. The van der Waals surface area contributed by atoms with Gasteiger partial charge in [0.1, 0.15) is 0 Å². The maximum Gasteiger partial charge on any atom is 0.0104 e. The first-order chi connectivity index (χ1) is 10.3. The second kappa shape index (κ2) is 8.63. The Morgan fingerprint density at radius 1 is 1.05 bits per heavy atom. The number of nitrogens with one attached hydrogen (secondary N) is 1. The van der Waals surface area contributed by atoms with E-state index in [1.54, 1.807) is 0 Å². The third-order valence-corrected chi connectivity index (χ3v) is 4.17. The minimum Gasteiger partial charge on any atom is -0.317 e. The second-order valence-corrected chi connectivity index (χ2v) is 5.80. The average molecular weight is 281 g/mol. The molecular weight excluding hydrogens is 254 g/mol. The van der Waals surface area contributed by atoms with E-state index in [1.807, 2.05) is 6.08 Å². The molecule has 0 aliphatic carbocycles. The molecule has 0 saturated heterocycles. The fraction of sp³-hybridized carbons (Fsp3) is 0.400. The molecule has 1 nitrogen and oxygen atoms in total. The number of hydrogen-bond donors (Lipinski definition) is 1. The Hall–Kier alpha value is -1.60. The molecule has 1 N–H and O–H groups in total. The van der Waals surface area contributed by atoms with Crippen molar-refractivity contribution < 1.29 is 0 Å². The van der Waals surface area contributed by atoms with E-state index in [1.165, 1.54) is 42.0 Å². The third kappa shape index (κ3) is 5.02. The summed E-state index contributed by atoms with van der Waals surface area (Å²) < 4.78 is 0. The molecule has 0 heterocycles. The van der Waals surface area contributed by atoms with Gasteiger partial charge < -0.3 is 5.32 Å². The van der Waals surface area contributed by atoms with Gasteiger partial charge in [0.2, 0.25) is 0 Å². The summed E-state index contributed by atoms with van der Waals surface area (Å²) in [4.78, 5) is 0. The molecule has 0 saturated carbocycles. The zero-order valence-electron chi connectivity index (χ0n) is 13.1. The van der Waals surface area contributed by atoms with Crippen LogP contribution in [0.1, 0.15) is 37.7 Å². The van der Waals surface area contributed by atoms with Crippen LogP contribution in [0.2, 0.25) is 0 Å². The van der Waals surface area contributed by atoms with E-state index in [4.69, 9.17) is 0 Å². The first kappa shape index (κ1) is 15.8. The minimum atomic E-state index is 0.579. The molecule has 0 amide bonds. The van der Waals surface area contributed by atoms with Crippen LogP contribution in [0, 0.1) is 0 Å². The van der Waals surface area contributed by atoms with Crippen LogP contribution in [-0.2, 0) is 6.42 Å². The summed E-state index contributed by atoms with van der Waals surface area (Å²) in [6, 6.07) is 16.0. The lowest BCUT2D eigenvalue weighted by Gasteiger charge is -2.16. The average Bonchev–Trinajstić information content (AvgIpc) is 2.53. The van der Waals surface area contributed by atoms with E-state index in [2.05, 4.69) is 61.4 Å². The van der Waals surface area contributed by atoms with Crippen molar-refractivity contribution in [2.75, 3.05) is 7.05 Å². The van der Waals surface area contributed by atoms with Crippen LogP contribution in [0.5, 0.6) is 0 Å². The van der Waals surface area contributed by atoms with Crippen molar-refractivity contribution >= 4 is 10.8 Å². The SMILES string of the molecule is C=CCCCCCC(Cc1ccc2ccccc2c1)NC. The van der Waals surface area contributed by atoms with Crippen molar-refractivity contribution in [3.63, 3.8) is 0 Å². The predicted octanol–water partition coefficient (Wildman–Crippen LogP) is 5.11. The van der Waals surface area contributed by atoms with Crippen LogP contribution in [0.25, 0.3) is 10.8 Å².